The summed E-state index contributed by atoms with van der Waals surface area (Å²) in [5, 5.41) is 0. The van der Waals surface area contributed by atoms with Gasteiger partial charge in [-0.15, -0.1) is 0 Å². The van der Waals surface area contributed by atoms with Crippen molar-refractivity contribution < 1.29 is 0 Å². The molecule has 0 fully saturated rings. The van der Waals surface area contributed by atoms with E-state index in [2.05, 4.69) is 30.6 Å². The Morgan fingerprint density at radius 3 is 2.86 bits per heavy atom. The fraction of sp³-hybridized carbons (Fsp3) is 0.308. The second-order valence-corrected chi connectivity index (χ2v) is 3.24. The van der Waals surface area contributed by atoms with Gasteiger partial charge >= 0.3 is 0 Å². The Hall–Kier alpha value is -1.37. The first-order chi connectivity index (χ1) is 6.81. The first kappa shape index (κ1) is 10.7. The molecule has 1 nitrogen and oxygen atoms in total. The van der Waals surface area contributed by atoms with Gasteiger partial charge in [-0.2, -0.15) is 0 Å². The quantitative estimate of drug-likeness (QED) is 0.659. The highest BCUT2D eigenvalue weighted by Crippen LogP contribution is 2.13. The van der Waals surface area contributed by atoms with E-state index < -0.39 is 0 Å². The van der Waals surface area contributed by atoms with Crippen molar-refractivity contribution in [2.24, 2.45) is 0 Å². The van der Waals surface area contributed by atoms with Crippen molar-refractivity contribution in [1.82, 2.24) is 4.98 Å². The van der Waals surface area contributed by atoms with Gasteiger partial charge in [-0.05, 0) is 42.5 Å². The Balaban J connectivity index is 2.90. The summed E-state index contributed by atoms with van der Waals surface area (Å²) in [5.41, 5.74) is 3.95. The molecule has 0 saturated heterocycles. The van der Waals surface area contributed by atoms with Crippen LogP contribution in [-0.2, 0) is 12.8 Å². The maximum atomic E-state index is 4.13. The van der Waals surface area contributed by atoms with Crippen LogP contribution < -0.4 is 0 Å². The fourth-order valence-electron chi connectivity index (χ4n) is 1.46. The molecule has 0 bridgehead atoms. The van der Waals surface area contributed by atoms with E-state index in [1.807, 2.05) is 25.4 Å². The Morgan fingerprint density at radius 1 is 1.50 bits per heavy atom. The topological polar surface area (TPSA) is 12.9 Å². The van der Waals surface area contributed by atoms with Gasteiger partial charge in [0.2, 0.25) is 0 Å². The Kier molecular flexibility index (Phi) is 4.11. The van der Waals surface area contributed by atoms with Crippen LogP contribution in [0, 0.1) is 0 Å². The average Bonchev–Trinajstić information content (AvgIpc) is 2.26. The van der Waals surface area contributed by atoms with Crippen LogP contribution in [0.4, 0.5) is 0 Å². The van der Waals surface area contributed by atoms with E-state index >= 15 is 0 Å². The second-order valence-electron chi connectivity index (χ2n) is 3.24. The van der Waals surface area contributed by atoms with Crippen molar-refractivity contribution in [2.45, 2.75) is 26.7 Å². The van der Waals surface area contributed by atoms with E-state index in [-0.39, 0.29) is 0 Å². The van der Waals surface area contributed by atoms with E-state index in [0.717, 1.165) is 12.8 Å². The van der Waals surface area contributed by atoms with Gasteiger partial charge in [0.25, 0.3) is 0 Å². The summed E-state index contributed by atoms with van der Waals surface area (Å²) in [6.07, 6.45) is 9.83. The average molecular weight is 187 g/mol. The molecule has 0 aliphatic rings. The minimum Gasteiger partial charge on any atom is -0.264 e. The largest absolute Gasteiger partial charge is 0.264 e. The predicted molar refractivity (Wildman–Crippen MR) is 61.3 cm³/mol. The van der Waals surface area contributed by atoms with Crippen molar-refractivity contribution >= 4 is 0 Å². The molecule has 0 unspecified atom stereocenters. The third kappa shape index (κ3) is 2.56. The zero-order valence-electron chi connectivity index (χ0n) is 8.96. The van der Waals surface area contributed by atoms with Crippen LogP contribution >= 0.6 is 0 Å². The van der Waals surface area contributed by atoms with E-state index in [1.54, 1.807) is 0 Å². The molecule has 0 aliphatic heterocycles. The monoisotopic (exact) mass is 187 g/mol. The number of allylic oxidation sites excluding steroid dienone is 3. The molecular weight excluding hydrogens is 170 g/mol. The zero-order valence-corrected chi connectivity index (χ0v) is 8.96. The van der Waals surface area contributed by atoms with Crippen LogP contribution in [0.2, 0.25) is 0 Å². The van der Waals surface area contributed by atoms with Gasteiger partial charge in [0, 0.05) is 12.4 Å². The molecule has 14 heavy (non-hydrogen) atoms. The normalized spacial score (nSPS) is 11.4. The van der Waals surface area contributed by atoms with E-state index in [1.165, 1.54) is 16.7 Å². The number of hydrogen-bond donors (Lipinski definition) is 0. The van der Waals surface area contributed by atoms with Crippen LogP contribution in [0.1, 0.15) is 25.0 Å². The highest BCUT2D eigenvalue weighted by atomic mass is 14.6. The van der Waals surface area contributed by atoms with Crippen LogP contribution in [0.3, 0.4) is 0 Å². The van der Waals surface area contributed by atoms with Gasteiger partial charge in [-0.1, -0.05) is 25.7 Å². The van der Waals surface area contributed by atoms with E-state index in [4.69, 9.17) is 0 Å². The number of aromatic nitrogens is 1. The van der Waals surface area contributed by atoms with Gasteiger partial charge < -0.3 is 0 Å². The number of hydrogen-bond acceptors (Lipinski definition) is 1. The van der Waals surface area contributed by atoms with Crippen LogP contribution in [0.5, 0.6) is 0 Å². The highest BCUT2D eigenvalue weighted by molar-refractivity contribution is 5.31. The molecule has 0 amide bonds. The molecule has 0 aromatic carbocycles. The van der Waals surface area contributed by atoms with E-state index in [0.29, 0.717) is 0 Å². The predicted octanol–water partition coefficient (Wildman–Crippen LogP) is 3.32. The standard InChI is InChI=1S/C13H17N/c1-4-11(5-2)9-13-7-8-14-10-12(13)6-3/h4-5,7-8,10H,1,6,9H2,2-3H3/b11-5+. The second kappa shape index (κ2) is 5.38. The molecule has 1 aromatic heterocycles. The van der Waals surface area contributed by atoms with Gasteiger partial charge in [-0.3, -0.25) is 4.98 Å². The fourth-order valence-corrected chi connectivity index (χ4v) is 1.46. The Bertz CT molecular complexity index is 337. The molecule has 1 rings (SSSR count). The van der Waals surface area contributed by atoms with Crippen LogP contribution in [0.25, 0.3) is 0 Å². The number of nitrogens with zero attached hydrogens (tertiary/aromatic N) is 1. The summed E-state index contributed by atoms with van der Waals surface area (Å²) < 4.78 is 0. The minimum atomic E-state index is 0.964. The first-order valence-electron chi connectivity index (χ1n) is 5.01. The maximum absolute atomic E-state index is 4.13. The lowest BCUT2D eigenvalue weighted by Crippen LogP contribution is -1.95. The Morgan fingerprint density at radius 2 is 2.29 bits per heavy atom. The summed E-state index contributed by atoms with van der Waals surface area (Å²) in [7, 11) is 0. The zero-order chi connectivity index (χ0) is 10.4. The summed E-state index contributed by atoms with van der Waals surface area (Å²) in [6, 6.07) is 2.09. The summed E-state index contributed by atoms with van der Waals surface area (Å²) in [6.45, 7) is 8.00. The summed E-state index contributed by atoms with van der Waals surface area (Å²) in [4.78, 5) is 4.13. The molecule has 74 valence electrons. The number of rotatable bonds is 4. The van der Waals surface area contributed by atoms with E-state index in [9.17, 15) is 0 Å². The molecule has 1 heteroatoms. The molecule has 0 atom stereocenters. The summed E-state index contributed by atoms with van der Waals surface area (Å²) in [5.74, 6) is 0. The van der Waals surface area contributed by atoms with Crippen LogP contribution in [-0.4, -0.2) is 4.98 Å². The molecule has 0 radical (unpaired) electrons. The van der Waals surface area contributed by atoms with Gasteiger partial charge in [0.05, 0.1) is 0 Å². The number of aryl methyl sites for hydroxylation is 1. The van der Waals surface area contributed by atoms with Crippen LogP contribution in [0.15, 0.2) is 42.8 Å². The smallest absolute Gasteiger partial charge is 0.0302 e. The van der Waals surface area contributed by atoms with Gasteiger partial charge in [-0.25, -0.2) is 0 Å². The van der Waals surface area contributed by atoms with Crippen molar-refractivity contribution in [1.29, 1.82) is 0 Å². The lowest BCUT2D eigenvalue weighted by atomic mass is 10.0. The Labute approximate surface area is 86.2 Å². The van der Waals surface area contributed by atoms with Gasteiger partial charge in [0.15, 0.2) is 0 Å². The minimum absolute atomic E-state index is 0.964. The molecular formula is C13H17N. The molecule has 0 N–H and O–H groups in total. The maximum Gasteiger partial charge on any atom is 0.0302 e. The molecule has 0 saturated carbocycles. The summed E-state index contributed by atoms with van der Waals surface area (Å²) >= 11 is 0. The molecule has 1 heterocycles. The molecule has 0 aliphatic carbocycles. The van der Waals surface area contributed by atoms with Crippen molar-refractivity contribution in [3.8, 4) is 0 Å². The van der Waals surface area contributed by atoms with Gasteiger partial charge in [0.1, 0.15) is 0 Å². The molecule has 1 aromatic rings. The molecule has 0 spiro atoms. The third-order valence-corrected chi connectivity index (χ3v) is 2.41. The lowest BCUT2D eigenvalue weighted by Gasteiger charge is -2.06. The SMILES string of the molecule is C=C/C(=C\C)Cc1ccncc1CC. The lowest BCUT2D eigenvalue weighted by molar-refractivity contribution is 1.03. The third-order valence-electron chi connectivity index (χ3n) is 2.41. The highest BCUT2D eigenvalue weighted by Gasteiger charge is 2.00. The van der Waals surface area contributed by atoms with Crippen molar-refractivity contribution in [2.75, 3.05) is 0 Å². The number of pyridine rings is 1. The van der Waals surface area contributed by atoms with Crippen molar-refractivity contribution in [3.63, 3.8) is 0 Å². The van der Waals surface area contributed by atoms with Crippen molar-refractivity contribution in [3.05, 3.63) is 53.9 Å². The first-order valence-corrected chi connectivity index (χ1v) is 5.01.